The summed E-state index contributed by atoms with van der Waals surface area (Å²) in [6, 6.07) is 4.47. The third-order valence-corrected chi connectivity index (χ3v) is 7.46. The van der Waals surface area contributed by atoms with Gasteiger partial charge in [0.05, 0.1) is 11.7 Å². The number of aromatic nitrogens is 4. The second kappa shape index (κ2) is 8.45. The summed E-state index contributed by atoms with van der Waals surface area (Å²) in [5, 5.41) is 9.45. The first-order valence-electron chi connectivity index (χ1n) is 12.2. The molecular formula is C25H32N6O. The first-order valence-corrected chi connectivity index (χ1v) is 12.2. The first-order chi connectivity index (χ1) is 15.8. The minimum Gasteiger partial charge on any atom is -0.356 e. The van der Waals surface area contributed by atoms with Crippen molar-refractivity contribution in [3.63, 3.8) is 0 Å². The summed E-state index contributed by atoms with van der Waals surface area (Å²) in [5.41, 5.74) is 6.63. The smallest absolute Gasteiger partial charge is 0.150 e. The molecule has 168 valence electrons. The minimum absolute atomic E-state index is 0.0549. The summed E-state index contributed by atoms with van der Waals surface area (Å²) in [5.74, 6) is 1.60. The summed E-state index contributed by atoms with van der Waals surface area (Å²) in [4.78, 5) is 11.9. The minimum atomic E-state index is 0.0549. The number of ether oxygens (including phenoxy) is 1. The van der Waals surface area contributed by atoms with Crippen molar-refractivity contribution >= 4 is 16.7 Å². The molecule has 0 spiro atoms. The number of piperazine rings is 1. The van der Waals surface area contributed by atoms with E-state index in [-0.39, 0.29) is 6.23 Å². The highest BCUT2D eigenvalue weighted by molar-refractivity contribution is 5.84. The van der Waals surface area contributed by atoms with Crippen LogP contribution in [0.4, 0.5) is 5.82 Å². The van der Waals surface area contributed by atoms with Crippen LogP contribution in [-0.4, -0.2) is 52.5 Å². The number of fused-ring (bicyclic) bond motifs is 2. The Morgan fingerprint density at radius 3 is 2.84 bits per heavy atom. The van der Waals surface area contributed by atoms with Crippen molar-refractivity contribution in [2.45, 2.75) is 57.6 Å². The Balaban J connectivity index is 1.37. The van der Waals surface area contributed by atoms with Crippen LogP contribution in [0, 0.1) is 6.92 Å². The van der Waals surface area contributed by atoms with Crippen LogP contribution in [0.25, 0.3) is 10.9 Å². The highest BCUT2D eigenvalue weighted by Gasteiger charge is 2.30. The van der Waals surface area contributed by atoms with Crippen LogP contribution in [-0.2, 0) is 17.6 Å². The average molecular weight is 433 g/mol. The zero-order valence-electron chi connectivity index (χ0n) is 18.9. The van der Waals surface area contributed by atoms with Gasteiger partial charge in [-0.25, -0.2) is 14.6 Å². The Morgan fingerprint density at radius 2 is 2.00 bits per heavy atom. The van der Waals surface area contributed by atoms with Crippen LogP contribution >= 0.6 is 0 Å². The molecule has 32 heavy (non-hydrogen) atoms. The molecule has 0 saturated carbocycles. The van der Waals surface area contributed by atoms with E-state index in [1.165, 1.54) is 39.7 Å². The second-order valence-electron chi connectivity index (χ2n) is 9.44. The molecule has 3 aromatic rings. The topological polar surface area (TPSA) is 68.1 Å². The number of nitrogens with one attached hydrogen (secondary N) is 1. The molecule has 1 aliphatic carbocycles. The average Bonchev–Trinajstić information content (AvgIpc) is 3.28. The van der Waals surface area contributed by atoms with Crippen molar-refractivity contribution in [2.75, 3.05) is 37.7 Å². The molecule has 2 atom stereocenters. The van der Waals surface area contributed by atoms with E-state index in [0.717, 1.165) is 70.7 Å². The first kappa shape index (κ1) is 20.1. The molecule has 0 bridgehead atoms. The van der Waals surface area contributed by atoms with Crippen molar-refractivity contribution < 1.29 is 4.74 Å². The van der Waals surface area contributed by atoms with E-state index < -0.39 is 0 Å². The van der Waals surface area contributed by atoms with Crippen LogP contribution in [0.3, 0.4) is 0 Å². The van der Waals surface area contributed by atoms with Crippen LogP contribution in [0.2, 0.25) is 0 Å². The molecule has 2 aromatic heterocycles. The lowest BCUT2D eigenvalue weighted by atomic mass is 9.80. The van der Waals surface area contributed by atoms with E-state index in [1.54, 1.807) is 6.33 Å². The Kier molecular flexibility index (Phi) is 5.31. The molecule has 4 heterocycles. The Morgan fingerprint density at radius 1 is 1.09 bits per heavy atom. The molecule has 3 aliphatic rings. The number of anilines is 1. The number of rotatable bonds is 3. The van der Waals surface area contributed by atoms with Gasteiger partial charge in [0.2, 0.25) is 0 Å². The number of nitrogens with zero attached hydrogens (tertiary/aromatic N) is 5. The van der Waals surface area contributed by atoms with E-state index in [4.69, 9.17) is 19.8 Å². The lowest BCUT2D eigenvalue weighted by Crippen LogP contribution is -2.44. The molecular weight excluding hydrogens is 400 g/mol. The largest absolute Gasteiger partial charge is 0.356 e. The molecule has 7 heteroatoms. The second-order valence-corrected chi connectivity index (χ2v) is 9.44. The van der Waals surface area contributed by atoms with Crippen molar-refractivity contribution in [1.29, 1.82) is 0 Å². The fourth-order valence-electron chi connectivity index (χ4n) is 5.84. The maximum atomic E-state index is 6.12. The molecule has 0 radical (unpaired) electrons. The predicted molar refractivity (Wildman–Crippen MR) is 125 cm³/mol. The number of hydrogen-bond donors (Lipinski definition) is 1. The van der Waals surface area contributed by atoms with Gasteiger partial charge in [0.25, 0.3) is 0 Å². The summed E-state index contributed by atoms with van der Waals surface area (Å²) in [6.07, 6.45) is 10.3. The van der Waals surface area contributed by atoms with Gasteiger partial charge in [0.1, 0.15) is 12.1 Å². The summed E-state index contributed by atoms with van der Waals surface area (Å²) in [6.45, 7) is 7.16. The highest BCUT2D eigenvalue weighted by Crippen LogP contribution is 2.40. The van der Waals surface area contributed by atoms with E-state index in [0.29, 0.717) is 5.92 Å². The van der Waals surface area contributed by atoms with E-state index >= 15 is 0 Å². The molecule has 7 nitrogen and oxygen atoms in total. The molecule has 2 unspecified atom stereocenters. The van der Waals surface area contributed by atoms with Gasteiger partial charge in [0, 0.05) is 49.4 Å². The van der Waals surface area contributed by atoms with E-state index in [2.05, 4.69) is 34.0 Å². The van der Waals surface area contributed by atoms with Gasteiger partial charge in [-0.05, 0) is 62.5 Å². The number of benzene rings is 1. The van der Waals surface area contributed by atoms with Gasteiger partial charge in [-0.1, -0.05) is 12.1 Å². The van der Waals surface area contributed by atoms with E-state index in [9.17, 15) is 0 Å². The third kappa shape index (κ3) is 3.48. The normalized spacial score (nSPS) is 24.0. The predicted octanol–water partition coefficient (Wildman–Crippen LogP) is 3.52. The van der Waals surface area contributed by atoms with Gasteiger partial charge in [0.15, 0.2) is 6.23 Å². The molecule has 2 aliphatic heterocycles. The summed E-state index contributed by atoms with van der Waals surface area (Å²) >= 11 is 0. The molecule has 0 amide bonds. The summed E-state index contributed by atoms with van der Waals surface area (Å²) in [7, 11) is 0. The third-order valence-electron chi connectivity index (χ3n) is 7.46. The maximum Gasteiger partial charge on any atom is 0.150 e. The van der Waals surface area contributed by atoms with Crippen molar-refractivity contribution in [3.05, 3.63) is 47.0 Å². The standard InChI is InChI=1S/C25H32N6O/c1-17-5-6-19-15-29-31(22-4-2-3-13-32-22)24(19)23(17)18-7-8-20-21(14-18)27-16-28-25(20)30-11-9-26-10-12-30/h5-6,15-16,18,22,26H,2-4,7-14H2,1H3. The van der Waals surface area contributed by atoms with Crippen molar-refractivity contribution in [3.8, 4) is 0 Å². The Bertz CT molecular complexity index is 1110. The van der Waals surface area contributed by atoms with Crippen molar-refractivity contribution in [1.82, 2.24) is 25.1 Å². The molecule has 2 saturated heterocycles. The molecule has 1 N–H and O–H groups in total. The quantitative estimate of drug-likeness (QED) is 0.683. The van der Waals surface area contributed by atoms with Gasteiger partial charge in [-0.2, -0.15) is 5.10 Å². The van der Waals surface area contributed by atoms with Crippen LogP contribution < -0.4 is 10.2 Å². The molecule has 1 aromatic carbocycles. The van der Waals surface area contributed by atoms with Crippen LogP contribution in [0.15, 0.2) is 24.7 Å². The fraction of sp³-hybridized carbons (Fsp3) is 0.560. The summed E-state index contributed by atoms with van der Waals surface area (Å²) < 4.78 is 8.29. The van der Waals surface area contributed by atoms with Gasteiger partial charge >= 0.3 is 0 Å². The maximum absolute atomic E-state index is 6.12. The molecule has 6 rings (SSSR count). The highest BCUT2D eigenvalue weighted by atomic mass is 16.5. The van der Waals surface area contributed by atoms with Crippen molar-refractivity contribution in [2.24, 2.45) is 0 Å². The monoisotopic (exact) mass is 432 g/mol. The lowest BCUT2D eigenvalue weighted by molar-refractivity contribution is -0.0367. The van der Waals surface area contributed by atoms with E-state index in [1.807, 2.05) is 6.20 Å². The Labute approximate surface area is 189 Å². The van der Waals surface area contributed by atoms with Gasteiger partial charge < -0.3 is 15.0 Å². The Hall–Kier alpha value is -2.51. The number of aryl methyl sites for hydroxylation is 1. The fourth-order valence-corrected chi connectivity index (χ4v) is 5.84. The lowest BCUT2D eigenvalue weighted by Gasteiger charge is -2.33. The van der Waals surface area contributed by atoms with Crippen LogP contribution in [0.1, 0.15) is 60.2 Å². The van der Waals surface area contributed by atoms with Gasteiger partial charge in [-0.3, -0.25) is 0 Å². The van der Waals surface area contributed by atoms with Crippen LogP contribution in [0.5, 0.6) is 0 Å². The molecule has 2 fully saturated rings. The zero-order chi connectivity index (χ0) is 21.5. The van der Waals surface area contributed by atoms with Gasteiger partial charge in [-0.15, -0.1) is 0 Å². The number of hydrogen-bond acceptors (Lipinski definition) is 6. The zero-order valence-corrected chi connectivity index (χ0v) is 18.9. The SMILES string of the molecule is Cc1ccc2cnn(C3CCCCO3)c2c1C1CCc2c(ncnc2N2CCNCC2)C1.